The van der Waals surface area contributed by atoms with Gasteiger partial charge in [-0.15, -0.1) is 0 Å². The van der Waals surface area contributed by atoms with Crippen molar-refractivity contribution < 1.29 is 4.39 Å². The van der Waals surface area contributed by atoms with Crippen LogP contribution in [0.4, 0.5) is 4.39 Å². The van der Waals surface area contributed by atoms with Crippen molar-refractivity contribution in [2.75, 3.05) is 0 Å². The molecule has 0 saturated heterocycles. The summed E-state index contributed by atoms with van der Waals surface area (Å²) < 4.78 is 14.3. The molecule has 0 aliphatic rings. The molecule has 1 atom stereocenters. The maximum Gasteiger partial charge on any atom is 0.123 e. The first-order chi connectivity index (χ1) is 9.06. The molecule has 1 N–H and O–H groups in total. The second-order valence-corrected chi connectivity index (χ2v) is 5.60. The van der Waals surface area contributed by atoms with Crippen LogP contribution in [0.3, 0.4) is 0 Å². The predicted octanol–water partition coefficient (Wildman–Crippen LogP) is 4.75. The van der Waals surface area contributed by atoms with E-state index < -0.39 is 0 Å². The van der Waals surface area contributed by atoms with Crippen molar-refractivity contribution in [1.82, 2.24) is 5.32 Å². The van der Waals surface area contributed by atoms with E-state index in [-0.39, 0.29) is 11.9 Å². The molecular formula is C16H17BrFN. The summed E-state index contributed by atoms with van der Waals surface area (Å²) in [6.07, 6.45) is 0. The van der Waals surface area contributed by atoms with Crippen LogP contribution in [0.15, 0.2) is 46.9 Å². The molecule has 0 fully saturated rings. The van der Waals surface area contributed by atoms with Crippen molar-refractivity contribution in [3.63, 3.8) is 0 Å². The lowest BCUT2D eigenvalue weighted by Gasteiger charge is -2.15. The molecule has 3 heteroatoms. The lowest BCUT2D eigenvalue weighted by atomic mass is 10.1. The average molecular weight is 322 g/mol. The zero-order valence-corrected chi connectivity index (χ0v) is 12.7. The fourth-order valence-corrected chi connectivity index (χ4v) is 2.23. The van der Waals surface area contributed by atoms with Crippen LogP contribution in [-0.4, -0.2) is 0 Å². The van der Waals surface area contributed by atoms with Gasteiger partial charge in [0.25, 0.3) is 0 Å². The van der Waals surface area contributed by atoms with Gasteiger partial charge in [-0.05, 0) is 48.7 Å². The third kappa shape index (κ3) is 3.88. The summed E-state index contributed by atoms with van der Waals surface area (Å²) in [4.78, 5) is 0. The fourth-order valence-electron chi connectivity index (χ4n) is 1.98. The summed E-state index contributed by atoms with van der Waals surface area (Å²) in [5.41, 5.74) is 3.41. The molecule has 0 aliphatic heterocycles. The van der Waals surface area contributed by atoms with E-state index in [2.05, 4.69) is 46.4 Å². The number of nitrogens with one attached hydrogen (secondary N) is 1. The number of rotatable bonds is 4. The molecule has 0 bridgehead atoms. The Morgan fingerprint density at radius 2 is 2.00 bits per heavy atom. The van der Waals surface area contributed by atoms with Crippen LogP contribution in [0.2, 0.25) is 0 Å². The molecule has 19 heavy (non-hydrogen) atoms. The summed E-state index contributed by atoms with van der Waals surface area (Å²) in [5.74, 6) is -0.189. The third-order valence-electron chi connectivity index (χ3n) is 3.18. The normalized spacial score (nSPS) is 12.4. The van der Waals surface area contributed by atoms with Crippen molar-refractivity contribution in [3.8, 4) is 0 Å². The summed E-state index contributed by atoms with van der Waals surface area (Å²) in [5, 5.41) is 3.41. The van der Waals surface area contributed by atoms with Crippen LogP contribution in [0.1, 0.15) is 29.7 Å². The first-order valence-electron chi connectivity index (χ1n) is 6.30. The molecule has 0 spiro atoms. The minimum absolute atomic E-state index is 0.125. The average Bonchev–Trinajstić information content (AvgIpc) is 2.40. The molecule has 0 saturated carbocycles. The SMILES string of the molecule is Cc1cc(CNC(C)c2cccc(F)c2)ccc1Br. The van der Waals surface area contributed by atoms with Gasteiger partial charge in [-0.25, -0.2) is 4.39 Å². The largest absolute Gasteiger partial charge is 0.306 e. The number of hydrogen-bond donors (Lipinski definition) is 1. The molecule has 2 aromatic rings. The first-order valence-corrected chi connectivity index (χ1v) is 7.09. The minimum atomic E-state index is -0.189. The van der Waals surface area contributed by atoms with Crippen molar-refractivity contribution in [2.24, 2.45) is 0 Å². The molecule has 100 valence electrons. The standard InChI is InChI=1S/C16H17BrFN/c1-11-8-13(6-7-16(11)17)10-19-12(2)14-4-3-5-15(18)9-14/h3-9,12,19H,10H2,1-2H3. The Balaban J connectivity index is 2.00. The van der Waals surface area contributed by atoms with Crippen LogP contribution in [0, 0.1) is 12.7 Å². The molecule has 0 heterocycles. The van der Waals surface area contributed by atoms with E-state index in [9.17, 15) is 4.39 Å². The smallest absolute Gasteiger partial charge is 0.123 e. The van der Waals surface area contributed by atoms with Gasteiger partial charge in [0.05, 0.1) is 0 Å². The Morgan fingerprint density at radius 1 is 1.21 bits per heavy atom. The Bertz CT molecular complexity index is 568. The number of halogens is 2. The summed E-state index contributed by atoms with van der Waals surface area (Å²) in [6.45, 7) is 4.88. The molecule has 2 rings (SSSR count). The van der Waals surface area contributed by atoms with Gasteiger partial charge in [0.15, 0.2) is 0 Å². The topological polar surface area (TPSA) is 12.0 Å². The number of aryl methyl sites for hydroxylation is 1. The zero-order valence-electron chi connectivity index (χ0n) is 11.1. The molecule has 1 unspecified atom stereocenters. The van der Waals surface area contributed by atoms with Crippen LogP contribution >= 0.6 is 15.9 Å². The highest BCUT2D eigenvalue weighted by Gasteiger charge is 2.06. The van der Waals surface area contributed by atoms with Gasteiger partial charge in [-0.1, -0.05) is 40.2 Å². The van der Waals surface area contributed by atoms with Gasteiger partial charge < -0.3 is 5.32 Å². The van der Waals surface area contributed by atoms with E-state index in [0.717, 1.165) is 16.6 Å². The maximum absolute atomic E-state index is 13.2. The third-order valence-corrected chi connectivity index (χ3v) is 4.07. The van der Waals surface area contributed by atoms with E-state index in [1.807, 2.05) is 13.0 Å². The minimum Gasteiger partial charge on any atom is -0.306 e. The highest BCUT2D eigenvalue weighted by Crippen LogP contribution is 2.18. The van der Waals surface area contributed by atoms with Crippen molar-refractivity contribution in [1.29, 1.82) is 0 Å². The molecule has 1 nitrogen and oxygen atoms in total. The lowest BCUT2D eigenvalue weighted by Crippen LogP contribution is -2.18. The Hall–Kier alpha value is -1.19. The summed E-state index contributed by atoms with van der Waals surface area (Å²) >= 11 is 3.49. The van der Waals surface area contributed by atoms with E-state index >= 15 is 0 Å². The van der Waals surface area contributed by atoms with E-state index in [1.54, 1.807) is 12.1 Å². The zero-order chi connectivity index (χ0) is 13.8. The van der Waals surface area contributed by atoms with Gasteiger partial charge in [-0.3, -0.25) is 0 Å². The first kappa shape index (κ1) is 14.2. The van der Waals surface area contributed by atoms with Gasteiger partial charge >= 0.3 is 0 Å². The van der Waals surface area contributed by atoms with Crippen molar-refractivity contribution in [2.45, 2.75) is 26.4 Å². The van der Waals surface area contributed by atoms with Crippen LogP contribution < -0.4 is 5.32 Å². The Kier molecular flexibility index (Phi) is 4.72. The van der Waals surface area contributed by atoms with E-state index in [4.69, 9.17) is 0 Å². The van der Waals surface area contributed by atoms with Gasteiger partial charge in [0.2, 0.25) is 0 Å². The quantitative estimate of drug-likeness (QED) is 0.857. The van der Waals surface area contributed by atoms with E-state index in [1.165, 1.54) is 17.2 Å². The number of hydrogen-bond acceptors (Lipinski definition) is 1. The fraction of sp³-hybridized carbons (Fsp3) is 0.250. The highest BCUT2D eigenvalue weighted by atomic mass is 79.9. The molecule has 2 aromatic carbocycles. The summed E-state index contributed by atoms with van der Waals surface area (Å²) in [7, 11) is 0. The van der Waals surface area contributed by atoms with Crippen LogP contribution in [0.5, 0.6) is 0 Å². The molecular weight excluding hydrogens is 305 g/mol. The Labute approximate surface area is 122 Å². The highest BCUT2D eigenvalue weighted by molar-refractivity contribution is 9.10. The second kappa shape index (κ2) is 6.31. The molecule has 0 radical (unpaired) electrons. The van der Waals surface area contributed by atoms with Gasteiger partial charge in [0, 0.05) is 17.1 Å². The molecule has 0 aromatic heterocycles. The van der Waals surface area contributed by atoms with Crippen molar-refractivity contribution in [3.05, 3.63) is 69.4 Å². The van der Waals surface area contributed by atoms with Gasteiger partial charge in [0.1, 0.15) is 5.82 Å². The number of benzene rings is 2. The van der Waals surface area contributed by atoms with Crippen molar-refractivity contribution >= 4 is 15.9 Å². The van der Waals surface area contributed by atoms with Crippen LogP contribution in [0.25, 0.3) is 0 Å². The molecule has 0 aliphatic carbocycles. The monoisotopic (exact) mass is 321 g/mol. The van der Waals surface area contributed by atoms with E-state index in [0.29, 0.717) is 0 Å². The second-order valence-electron chi connectivity index (χ2n) is 4.74. The molecule has 0 amide bonds. The van der Waals surface area contributed by atoms with Crippen LogP contribution in [-0.2, 0) is 6.54 Å². The Morgan fingerprint density at radius 3 is 2.68 bits per heavy atom. The van der Waals surface area contributed by atoms with Gasteiger partial charge in [-0.2, -0.15) is 0 Å². The maximum atomic E-state index is 13.2. The summed E-state index contributed by atoms with van der Waals surface area (Å²) in [6, 6.07) is 13.1. The lowest BCUT2D eigenvalue weighted by molar-refractivity contribution is 0.565. The predicted molar refractivity (Wildman–Crippen MR) is 80.5 cm³/mol.